The first kappa shape index (κ1) is 15.2. The Hall–Kier alpha value is -2.30. The van der Waals surface area contributed by atoms with Gasteiger partial charge >= 0.3 is 0 Å². The van der Waals surface area contributed by atoms with E-state index in [9.17, 15) is 4.79 Å². The van der Waals surface area contributed by atoms with Crippen LogP contribution in [0.25, 0.3) is 0 Å². The Kier molecular flexibility index (Phi) is 4.24. The van der Waals surface area contributed by atoms with Crippen LogP contribution in [0, 0.1) is 0 Å². The van der Waals surface area contributed by atoms with Gasteiger partial charge in [0.2, 0.25) is 0 Å². The zero-order valence-electron chi connectivity index (χ0n) is 13.9. The molecule has 0 saturated carbocycles. The van der Waals surface area contributed by atoms with E-state index in [1.54, 1.807) is 6.20 Å². The van der Waals surface area contributed by atoms with Crippen LogP contribution in [-0.4, -0.2) is 40.3 Å². The van der Waals surface area contributed by atoms with E-state index in [0.29, 0.717) is 6.54 Å². The second-order valence-electron chi connectivity index (χ2n) is 6.69. The average Bonchev–Trinajstić information content (AvgIpc) is 3.30. The van der Waals surface area contributed by atoms with Crippen molar-refractivity contribution in [1.82, 2.24) is 14.7 Å². The third-order valence-electron chi connectivity index (χ3n) is 5.08. The SMILES string of the molecule is O=C(COc1ccc2c(c1)CCC2)N1CCC[C@@H](n2cccn2)C1. The van der Waals surface area contributed by atoms with Crippen LogP contribution in [0.2, 0.25) is 0 Å². The average molecular weight is 325 g/mol. The molecule has 4 rings (SSSR count). The van der Waals surface area contributed by atoms with E-state index in [1.807, 2.05) is 27.9 Å². The number of hydrogen-bond acceptors (Lipinski definition) is 3. The van der Waals surface area contributed by atoms with Gasteiger partial charge in [-0.05, 0) is 61.4 Å². The molecule has 0 N–H and O–H groups in total. The minimum absolute atomic E-state index is 0.0624. The van der Waals surface area contributed by atoms with Crippen LogP contribution in [-0.2, 0) is 17.6 Å². The smallest absolute Gasteiger partial charge is 0.260 e. The van der Waals surface area contributed by atoms with Crippen LogP contribution in [0.3, 0.4) is 0 Å². The molecule has 24 heavy (non-hydrogen) atoms. The molecule has 1 aliphatic heterocycles. The molecule has 0 unspecified atom stereocenters. The zero-order valence-corrected chi connectivity index (χ0v) is 13.9. The first-order valence-corrected chi connectivity index (χ1v) is 8.81. The van der Waals surface area contributed by atoms with Crippen molar-refractivity contribution in [3.05, 3.63) is 47.8 Å². The molecule has 1 saturated heterocycles. The summed E-state index contributed by atoms with van der Waals surface area (Å²) in [6.07, 6.45) is 9.35. The summed E-state index contributed by atoms with van der Waals surface area (Å²) in [4.78, 5) is 14.4. The first-order valence-electron chi connectivity index (χ1n) is 8.81. The van der Waals surface area contributed by atoms with Crippen molar-refractivity contribution >= 4 is 5.91 Å². The molecule has 2 aliphatic rings. The van der Waals surface area contributed by atoms with Crippen molar-refractivity contribution in [2.24, 2.45) is 0 Å². The second kappa shape index (κ2) is 6.67. The van der Waals surface area contributed by atoms with Gasteiger partial charge < -0.3 is 9.64 Å². The maximum atomic E-state index is 12.5. The van der Waals surface area contributed by atoms with E-state index in [1.165, 1.54) is 17.5 Å². The molecular weight excluding hydrogens is 302 g/mol. The highest BCUT2D eigenvalue weighted by atomic mass is 16.5. The Bertz CT molecular complexity index is 711. The fourth-order valence-corrected chi connectivity index (χ4v) is 3.77. The fraction of sp³-hybridized carbons (Fsp3) is 0.474. The molecule has 1 fully saturated rings. The number of likely N-dealkylation sites (tertiary alicyclic amines) is 1. The third-order valence-corrected chi connectivity index (χ3v) is 5.08. The molecule has 2 aromatic rings. The zero-order chi connectivity index (χ0) is 16.4. The third kappa shape index (κ3) is 3.16. The van der Waals surface area contributed by atoms with Crippen molar-refractivity contribution < 1.29 is 9.53 Å². The van der Waals surface area contributed by atoms with Crippen LogP contribution >= 0.6 is 0 Å². The van der Waals surface area contributed by atoms with E-state index in [4.69, 9.17) is 4.74 Å². The van der Waals surface area contributed by atoms with Crippen molar-refractivity contribution in [2.45, 2.75) is 38.1 Å². The number of amides is 1. The van der Waals surface area contributed by atoms with Crippen molar-refractivity contribution in [1.29, 1.82) is 0 Å². The van der Waals surface area contributed by atoms with E-state index in [-0.39, 0.29) is 18.6 Å². The van der Waals surface area contributed by atoms with Gasteiger partial charge in [0.05, 0.1) is 6.04 Å². The number of carbonyl (C=O) groups is 1. The Morgan fingerprint density at radius 2 is 2.17 bits per heavy atom. The van der Waals surface area contributed by atoms with E-state index < -0.39 is 0 Å². The maximum Gasteiger partial charge on any atom is 0.260 e. The monoisotopic (exact) mass is 325 g/mol. The number of fused-ring (bicyclic) bond motifs is 1. The molecule has 1 atom stereocenters. The minimum Gasteiger partial charge on any atom is -0.484 e. The van der Waals surface area contributed by atoms with Gasteiger partial charge in [-0.15, -0.1) is 0 Å². The van der Waals surface area contributed by atoms with Gasteiger partial charge in [-0.2, -0.15) is 5.10 Å². The fourth-order valence-electron chi connectivity index (χ4n) is 3.77. The summed E-state index contributed by atoms with van der Waals surface area (Å²) in [5.74, 6) is 0.872. The van der Waals surface area contributed by atoms with Crippen molar-refractivity contribution in [3.8, 4) is 5.75 Å². The number of aromatic nitrogens is 2. The van der Waals surface area contributed by atoms with E-state index >= 15 is 0 Å². The molecule has 5 nitrogen and oxygen atoms in total. The summed E-state index contributed by atoms with van der Waals surface area (Å²) >= 11 is 0. The molecule has 1 aromatic carbocycles. The van der Waals surface area contributed by atoms with Gasteiger partial charge in [-0.1, -0.05) is 6.07 Å². The summed E-state index contributed by atoms with van der Waals surface area (Å²) in [5, 5.41) is 4.31. The Morgan fingerprint density at radius 1 is 1.25 bits per heavy atom. The number of rotatable bonds is 4. The standard InChI is InChI=1S/C19H23N3O2/c23-19(14-24-18-8-7-15-4-1-5-16(15)12-18)21-10-2-6-17(13-21)22-11-3-9-20-22/h3,7-9,11-12,17H,1-2,4-6,10,13-14H2/t17-/m1/s1. The molecule has 2 heterocycles. The lowest BCUT2D eigenvalue weighted by Crippen LogP contribution is -2.43. The Balaban J connectivity index is 1.34. The molecule has 5 heteroatoms. The Morgan fingerprint density at radius 3 is 3.04 bits per heavy atom. The van der Waals surface area contributed by atoms with Gasteiger partial charge in [-0.3, -0.25) is 9.48 Å². The first-order chi connectivity index (χ1) is 11.8. The second-order valence-corrected chi connectivity index (χ2v) is 6.69. The summed E-state index contributed by atoms with van der Waals surface area (Å²) in [6.45, 7) is 1.64. The van der Waals surface area contributed by atoms with Gasteiger partial charge in [0.1, 0.15) is 5.75 Å². The Labute approximate surface area is 142 Å². The maximum absolute atomic E-state index is 12.5. The van der Waals surface area contributed by atoms with Gasteiger partial charge in [0.25, 0.3) is 5.91 Å². The van der Waals surface area contributed by atoms with Crippen LogP contribution in [0.4, 0.5) is 0 Å². The topological polar surface area (TPSA) is 47.4 Å². The predicted molar refractivity (Wildman–Crippen MR) is 91.0 cm³/mol. The number of carbonyl (C=O) groups excluding carboxylic acids is 1. The highest BCUT2D eigenvalue weighted by molar-refractivity contribution is 5.77. The van der Waals surface area contributed by atoms with Crippen LogP contribution in [0.15, 0.2) is 36.7 Å². The van der Waals surface area contributed by atoms with E-state index in [0.717, 1.165) is 38.0 Å². The molecule has 0 radical (unpaired) electrons. The summed E-state index contributed by atoms with van der Waals surface area (Å²) in [7, 11) is 0. The summed E-state index contributed by atoms with van der Waals surface area (Å²) in [5.41, 5.74) is 2.79. The quantitative estimate of drug-likeness (QED) is 0.868. The van der Waals surface area contributed by atoms with Crippen molar-refractivity contribution in [3.63, 3.8) is 0 Å². The van der Waals surface area contributed by atoms with Gasteiger partial charge in [0.15, 0.2) is 6.61 Å². The van der Waals surface area contributed by atoms with Crippen molar-refractivity contribution in [2.75, 3.05) is 19.7 Å². The number of hydrogen-bond donors (Lipinski definition) is 0. The predicted octanol–water partition coefficient (Wildman–Crippen LogP) is 2.61. The molecule has 1 amide bonds. The normalized spacial score (nSPS) is 20.0. The molecule has 126 valence electrons. The number of nitrogens with zero attached hydrogens (tertiary/aromatic N) is 3. The minimum atomic E-state index is 0.0624. The van der Waals surface area contributed by atoms with E-state index in [2.05, 4.69) is 17.2 Å². The molecule has 1 aromatic heterocycles. The summed E-state index contributed by atoms with van der Waals surface area (Å²) < 4.78 is 7.72. The molecular formula is C19H23N3O2. The van der Waals surface area contributed by atoms with Gasteiger partial charge in [0, 0.05) is 25.5 Å². The lowest BCUT2D eigenvalue weighted by Gasteiger charge is -2.32. The molecule has 1 aliphatic carbocycles. The van der Waals surface area contributed by atoms with Crippen LogP contribution in [0.1, 0.15) is 36.4 Å². The summed E-state index contributed by atoms with van der Waals surface area (Å²) in [6, 6.07) is 8.42. The number of piperidine rings is 1. The lowest BCUT2D eigenvalue weighted by molar-refractivity contribution is -0.135. The number of aryl methyl sites for hydroxylation is 2. The number of ether oxygens (including phenoxy) is 1. The lowest BCUT2D eigenvalue weighted by atomic mass is 10.1. The van der Waals surface area contributed by atoms with Gasteiger partial charge in [-0.25, -0.2) is 0 Å². The largest absolute Gasteiger partial charge is 0.484 e. The van der Waals surface area contributed by atoms with Crippen LogP contribution in [0.5, 0.6) is 5.75 Å². The highest BCUT2D eigenvalue weighted by Crippen LogP contribution is 2.26. The molecule has 0 spiro atoms. The highest BCUT2D eigenvalue weighted by Gasteiger charge is 2.25. The number of benzene rings is 1. The molecule has 0 bridgehead atoms. The van der Waals surface area contributed by atoms with Crippen LogP contribution < -0.4 is 4.74 Å².